The lowest BCUT2D eigenvalue weighted by Gasteiger charge is -1.99. The summed E-state index contributed by atoms with van der Waals surface area (Å²) >= 11 is 0. The van der Waals surface area contributed by atoms with Crippen molar-refractivity contribution < 1.29 is 24.3 Å². The molecule has 0 aromatic carbocycles. The van der Waals surface area contributed by atoms with Crippen molar-refractivity contribution in [1.82, 2.24) is 0 Å². The van der Waals surface area contributed by atoms with Crippen molar-refractivity contribution >= 4 is 17.7 Å². The van der Waals surface area contributed by atoms with E-state index >= 15 is 0 Å². The Balaban J connectivity index is 2.48. The van der Waals surface area contributed by atoms with Gasteiger partial charge in [0.2, 0.25) is 6.10 Å². The minimum Gasteiger partial charge on any atom is -0.478 e. The van der Waals surface area contributed by atoms with E-state index in [1.54, 1.807) is 6.92 Å². The van der Waals surface area contributed by atoms with Gasteiger partial charge < -0.3 is 14.7 Å². The molecule has 0 fully saturated rings. The van der Waals surface area contributed by atoms with Crippen LogP contribution in [0.1, 0.15) is 13.3 Å². The number of rotatable bonds is 3. The van der Waals surface area contributed by atoms with Crippen LogP contribution in [0, 0.1) is 0 Å². The first-order valence-corrected chi connectivity index (χ1v) is 3.77. The van der Waals surface area contributed by atoms with E-state index in [4.69, 9.17) is 5.11 Å². The Bertz CT molecular complexity index is 260. The van der Waals surface area contributed by atoms with Crippen molar-refractivity contribution in [3.63, 3.8) is 0 Å². The van der Waals surface area contributed by atoms with Gasteiger partial charge >= 0.3 is 11.9 Å². The molecule has 1 rings (SSSR count). The molecule has 6 heteroatoms. The Morgan fingerprint density at radius 3 is 2.92 bits per heavy atom. The van der Waals surface area contributed by atoms with Crippen LogP contribution in [-0.2, 0) is 19.2 Å². The first-order chi connectivity index (χ1) is 6.15. The minimum absolute atomic E-state index is 0.0225. The maximum atomic E-state index is 11.0. The molecule has 72 valence electrons. The number of nitrogens with zero attached hydrogens (tertiary/aromatic N) is 1. The molecular weight excluding hydrogens is 178 g/mol. The van der Waals surface area contributed by atoms with Crippen molar-refractivity contribution in [3.05, 3.63) is 0 Å². The standard InChI is InChI=1S/C7H9NO5/c1-2-12-7(11)4-3-5(6(9)10)13-8-4/h5H,2-3H2,1H3,(H,9,10)/t5-/m0/s1. The van der Waals surface area contributed by atoms with Gasteiger partial charge in [0.25, 0.3) is 0 Å². The predicted octanol–water partition coefficient (Wildman–Crippen LogP) is -0.221. The highest BCUT2D eigenvalue weighted by Gasteiger charge is 2.31. The highest BCUT2D eigenvalue weighted by Crippen LogP contribution is 2.11. The average molecular weight is 187 g/mol. The third kappa shape index (κ3) is 2.17. The average Bonchev–Trinajstić information content (AvgIpc) is 2.52. The molecule has 1 aliphatic heterocycles. The highest BCUT2D eigenvalue weighted by molar-refractivity contribution is 6.37. The van der Waals surface area contributed by atoms with Crippen molar-refractivity contribution in [2.75, 3.05) is 6.61 Å². The van der Waals surface area contributed by atoms with Gasteiger partial charge in [0.05, 0.1) is 13.0 Å². The number of hydrogen-bond donors (Lipinski definition) is 1. The number of hydrogen-bond acceptors (Lipinski definition) is 5. The number of carboxylic acids is 1. The van der Waals surface area contributed by atoms with E-state index in [1.807, 2.05) is 0 Å². The molecule has 0 bridgehead atoms. The van der Waals surface area contributed by atoms with E-state index in [0.717, 1.165) is 0 Å². The summed E-state index contributed by atoms with van der Waals surface area (Å²) in [7, 11) is 0. The van der Waals surface area contributed by atoms with E-state index in [1.165, 1.54) is 0 Å². The quantitative estimate of drug-likeness (QED) is 0.617. The Morgan fingerprint density at radius 1 is 1.77 bits per heavy atom. The second-order valence-electron chi connectivity index (χ2n) is 2.39. The van der Waals surface area contributed by atoms with Crippen molar-refractivity contribution in [3.8, 4) is 0 Å². The van der Waals surface area contributed by atoms with Crippen LogP contribution in [0.3, 0.4) is 0 Å². The molecule has 1 atom stereocenters. The molecular formula is C7H9NO5. The van der Waals surface area contributed by atoms with Gasteiger partial charge in [0, 0.05) is 0 Å². The second kappa shape index (κ2) is 3.88. The molecule has 0 unspecified atom stereocenters. The van der Waals surface area contributed by atoms with Crippen LogP contribution in [0.5, 0.6) is 0 Å². The summed E-state index contributed by atoms with van der Waals surface area (Å²) in [6, 6.07) is 0. The summed E-state index contributed by atoms with van der Waals surface area (Å²) in [5.74, 6) is -1.76. The van der Waals surface area contributed by atoms with E-state index in [0.29, 0.717) is 0 Å². The molecule has 1 N–H and O–H groups in total. The van der Waals surface area contributed by atoms with Crippen LogP contribution in [0.25, 0.3) is 0 Å². The summed E-state index contributed by atoms with van der Waals surface area (Å²) in [6.07, 6.45) is -1.09. The number of carboxylic acid groups (broad SMARTS) is 1. The Labute approximate surface area is 74.1 Å². The van der Waals surface area contributed by atoms with Gasteiger partial charge in [-0.15, -0.1) is 0 Å². The lowest BCUT2D eigenvalue weighted by molar-refractivity contribution is -0.148. The van der Waals surface area contributed by atoms with Crippen LogP contribution >= 0.6 is 0 Å². The topological polar surface area (TPSA) is 85.2 Å². The SMILES string of the molecule is CCOC(=O)C1=NO[C@H](C(=O)O)C1. The summed E-state index contributed by atoms with van der Waals surface area (Å²) in [6.45, 7) is 1.89. The molecule has 0 amide bonds. The normalized spacial score (nSPS) is 20.4. The molecule has 1 aliphatic rings. The fourth-order valence-corrected chi connectivity index (χ4v) is 0.845. The second-order valence-corrected chi connectivity index (χ2v) is 2.39. The maximum absolute atomic E-state index is 11.0. The third-order valence-corrected chi connectivity index (χ3v) is 1.46. The van der Waals surface area contributed by atoms with Crippen LogP contribution in [0.15, 0.2) is 5.16 Å². The summed E-state index contributed by atoms with van der Waals surface area (Å²) in [5.41, 5.74) is 0.0225. The van der Waals surface area contributed by atoms with E-state index < -0.39 is 18.0 Å². The zero-order valence-electron chi connectivity index (χ0n) is 7.02. The molecule has 1 heterocycles. The van der Waals surface area contributed by atoms with Gasteiger partial charge in [-0.3, -0.25) is 0 Å². The van der Waals surface area contributed by atoms with E-state index in [2.05, 4.69) is 14.7 Å². The smallest absolute Gasteiger partial charge is 0.356 e. The number of ether oxygens (including phenoxy) is 1. The molecule has 0 radical (unpaired) electrons. The summed E-state index contributed by atoms with van der Waals surface area (Å²) in [4.78, 5) is 25.8. The summed E-state index contributed by atoms with van der Waals surface area (Å²) < 4.78 is 4.61. The Hall–Kier alpha value is -1.59. The number of esters is 1. The van der Waals surface area contributed by atoms with Gasteiger partial charge in [0.15, 0.2) is 5.71 Å². The first kappa shape index (κ1) is 9.50. The molecule has 0 saturated carbocycles. The van der Waals surface area contributed by atoms with Gasteiger partial charge in [-0.1, -0.05) is 5.16 Å². The van der Waals surface area contributed by atoms with Crippen LogP contribution < -0.4 is 0 Å². The molecule has 0 aromatic heterocycles. The van der Waals surface area contributed by atoms with Gasteiger partial charge in [-0.05, 0) is 6.92 Å². The van der Waals surface area contributed by atoms with Crippen LogP contribution in [-0.4, -0.2) is 35.5 Å². The third-order valence-electron chi connectivity index (χ3n) is 1.46. The monoisotopic (exact) mass is 187 g/mol. The molecule has 0 spiro atoms. The van der Waals surface area contributed by atoms with Crippen molar-refractivity contribution in [1.29, 1.82) is 0 Å². The predicted molar refractivity (Wildman–Crippen MR) is 41.2 cm³/mol. The van der Waals surface area contributed by atoms with Crippen LogP contribution in [0.4, 0.5) is 0 Å². The van der Waals surface area contributed by atoms with Crippen LogP contribution in [0.2, 0.25) is 0 Å². The Morgan fingerprint density at radius 2 is 2.46 bits per heavy atom. The van der Waals surface area contributed by atoms with Gasteiger partial charge in [0.1, 0.15) is 0 Å². The number of aliphatic carboxylic acids is 1. The fourth-order valence-electron chi connectivity index (χ4n) is 0.845. The Kier molecular flexibility index (Phi) is 2.84. The highest BCUT2D eigenvalue weighted by atomic mass is 16.7. The van der Waals surface area contributed by atoms with Crippen molar-refractivity contribution in [2.24, 2.45) is 5.16 Å². The summed E-state index contributed by atoms with van der Waals surface area (Å²) in [5, 5.41) is 11.8. The zero-order chi connectivity index (χ0) is 9.84. The largest absolute Gasteiger partial charge is 0.478 e. The lowest BCUT2D eigenvalue weighted by atomic mass is 10.2. The van der Waals surface area contributed by atoms with Gasteiger partial charge in [-0.25, -0.2) is 9.59 Å². The first-order valence-electron chi connectivity index (χ1n) is 3.77. The maximum Gasteiger partial charge on any atom is 0.356 e. The minimum atomic E-state index is -1.14. The fraction of sp³-hybridized carbons (Fsp3) is 0.571. The number of carbonyl (C=O) groups excluding carboxylic acids is 1. The molecule has 0 saturated heterocycles. The molecule has 0 aliphatic carbocycles. The lowest BCUT2D eigenvalue weighted by Crippen LogP contribution is -2.23. The molecule has 6 nitrogen and oxygen atoms in total. The molecule has 13 heavy (non-hydrogen) atoms. The molecule has 0 aromatic rings. The zero-order valence-corrected chi connectivity index (χ0v) is 7.02. The number of carbonyl (C=O) groups is 2. The van der Waals surface area contributed by atoms with E-state index in [9.17, 15) is 9.59 Å². The van der Waals surface area contributed by atoms with E-state index in [-0.39, 0.29) is 18.7 Å². The van der Waals surface area contributed by atoms with Crippen molar-refractivity contribution in [2.45, 2.75) is 19.4 Å². The van der Waals surface area contributed by atoms with Gasteiger partial charge in [-0.2, -0.15) is 0 Å². The number of oxime groups is 1.